The van der Waals surface area contributed by atoms with Gasteiger partial charge in [0.2, 0.25) is 0 Å². The number of hydrogen-bond acceptors (Lipinski definition) is 3. The number of carboxylic acid groups (broad SMARTS) is 1. The van der Waals surface area contributed by atoms with Gasteiger partial charge < -0.3 is 15.4 Å². The molecule has 0 amide bonds. The molecule has 5 nitrogen and oxygen atoms in total. The second kappa shape index (κ2) is 4.31. The summed E-state index contributed by atoms with van der Waals surface area (Å²) in [4.78, 5) is 19.0. The van der Waals surface area contributed by atoms with Crippen LogP contribution in [0, 0.1) is 5.92 Å². The molecule has 1 aromatic heterocycles. The first-order valence-corrected chi connectivity index (χ1v) is 7.16. The van der Waals surface area contributed by atoms with Gasteiger partial charge in [0.15, 0.2) is 0 Å². The molecular weight excluding hydrogens is 254 g/mol. The highest BCUT2D eigenvalue weighted by Gasteiger charge is 2.30. The number of carbonyl (C=O) groups is 1. The van der Waals surface area contributed by atoms with Gasteiger partial charge in [-0.1, -0.05) is 6.07 Å². The predicted octanol–water partition coefficient (Wildman–Crippen LogP) is 2.18. The standard InChI is InChI=1S/C15H17N3O2/c19-15(20)10-6-12(16-7-10)9-3-4-11-13(5-9)18-14(17-11)8-1-2-8/h3-5,8,10,12,16H,1-2,6-7H2,(H,17,18)(H,19,20). The number of carboxylic acids is 1. The molecular formula is C15H17N3O2. The minimum Gasteiger partial charge on any atom is -0.481 e. The largest absolute Gasteiger partial charge is 0.481 e. The molecule has 2 fully saturated rings. The highest BCUT2D eigenvalue weighted by molar-refractivity contribution is 5.76. The predicted molar refractivity (Wildman–Crippen MR) is 74.6 cm³/mol. The van der Waals surface area contributed by atoms with Gasteiger partial charge in [0.1, 0.15) is 5.82 Å². The number of fused-ring (bicyclic) bond motifs is 1. The number of nitrogens with one attached hydrogen (secondary N) is 2. The van der Waals surface area contributed by atoms with Gasteiger partial charge in [0.25, 0.3) is 0 Å². The number of hydrogen-bond donors (Lipinski definition) is 3. The quantitative estimate of drug-likeness (QED) is 0.799. The summed E-state index contributed by atoms with van der Waals surface area (Å²) in [6.07, 6.45) is 3.12. The van der Waals surface area contributed by atoms with Crippen molar-refractivity contribution in [3.05, 3.63) is 29.6 Å². The number of aromatic amines is 1. The smallest absolute Gasteiger partial charge is 0.307 e. The third-order valence-corrected chi connectivity index (χ3v) is 4.37. The summed E-state index contributed by atoms with van der Waals surface area (Å²) in [5.41, 5.74) is 3.21. The zero-order valence-corrected chi connectivity index (χ0v) is 11.1. The van der Waals surface area contributed by atoms with E-state index in [9.17, 15) is 4.79 Å². The zero-order chi connectivity index (χ0) is 13.7. The summed E-state index contributed by atoms with van der Waals surface area (Å²) >= 11 is 0. The lowest BCUT2D eigenvalue weighted by Crippen LogP contribution is -2.17. The average Bonchev–Trinajstić information content (AvgIpc) is 3.02. The number of rotatable bonds is 3. The third kappa shape index (κ3) is 1.98. The number of aromatic nitrogens is 2. The molecule has 1 aliphatic carbocycles. The van der Waals surface area contributed by atoms with Crippen LogP contribution < -0.4 is 5.32 Å². The van der Waals surface area contributed by atoms with E-state index in [1.54, 1.807) is 0 Å². The van der Waals surface area contributed by atoms with Crippen molar-refractivity contribution < 1.29 is 9.90 Å². The number of benzene rings is 1. The van der Waals surface area contributed by atoms with Crippen LogP contribution in [0.4, 0.5) is 0 Å². The topological polar surface area (TPSA) is 78.0 Å². The van der Waals surface area contributed by atoms with Crippen LogP contribution in [0.1, 0.15) is 42.6 Å². The molecule has 1 saturated heterocycles. The highest BCUT2D eigenvalue weighted by atomic mass is 16.4. The maximum Gasteiger partial charge on any atom is 0.307 e. The monoisotopic (exact) mass is 271 g/mol. The zero-order valence-electron chi connectivity index (χ0n) is 11.1. The van der Waals surface area contributed by atoms with E-state index in [1.807, 2.05) is 6.07 Å². The minimum absolute atomic E-state index is 0.133. The molecule has 0 radical (unpaired) electrons. The van der Waals surface area contributed by atoms with Crippen molar-refractivity contribution in [2.75, 3.05) is 6.54 Å². The summed E-state index contributed by atoms with van der Waals surface area (Å²) in [6.45, 7) is 0.550. The maximum absolute atomic E-state index is 11.0. The van der Waals surface area contributed by atoms with E-state index in [-0.39, 0.29) is 12.0 Å². The van der Waals surface area contributed by atoms with Crippen LogP contribution in [0.25, 0.3) is 11.0 Å². The Morgan fingerprint density at radius 3 is 2.90 bits per heavy atom. The van der Waals surface area contributed by atoms with Gasteiger partial charge >= 0.3 is 5.97 Å². The molecule has 20 heavy (non-hydrogen) atoms. The summed E-state index contributed by atoms with van der Waals surface area (Å²) in [6, 6.07) is 6.33. The molecule has 0 bridgehead atoms. The summed E-state index contributed by atoms with van der Waals surface area (Å²) in [5.74, 6) is 0.727. The van der Waals surface area contributed by atoms with Crippen molar-refractivity contribution in [3.63, 3.8) is 0 Å². The number of nitrogens with zero attached hydrogens (tertiary/aromatic N) is 1. The first-order chi connectivity index (χ1) is 9.70. The highest BCUT2D eigenvalue weighted by Crippen LogP contribution is 2.39. The van der Waals surface area contributed by atoms with Crippen LogP contribution in [0.2, 0.25) is 0 Å². The Labute approximate surface area is 116 Å². The van der Waals surface area contributed by atoms with E-state index in [2.05, 4.69) is 27.4 Å². The molecule has 1 aliphatic heterocycles. The maximum atomic E-state index is 11.0. The number of aliphatic carboxylic acids is 1. The molecule has 2 aliphatic rings. The first kappa shape index (κ1) is 11.9. The Morgan fingerprint density at radius 1 is 1.35 bits per heavy atom. The molecule has 4 rings (SSSR count). The fourth-order valence-corrected chi connectivity index (χ4v) is 2.99. The molecule has 2 unspecified atom stereocenters. The van der Waals surface area contributed by atoms with E-state index < -0.39 is 5.97 Å². The molecule has 1 aromatic carbocycles. The molecule has 1 saturated carbocycles. The lowest BCUT2D eigenvalue weighted by Gasteiger charge is -2.10. The first-order valence-electron chi connectivity index (χ1n) is 7.16. The van der Waals surface area contributed by atoms with Crippen molar-refractivity contribution in [1.29, 1.82) is 0 Å². The molecule has 3 N–H and O–H groups in total. The summed E-state index contributed by atoms with van der Waals surface area (Å²) in [5, 5.41) is 12.4. The van der Waals surface area contributed by atoms with Gasteiger partial charge in [-0.3, -0.25) is 4.79 Å². The van der Waals surface area contributed by atoms with E-state index >= 15 is 0 Å². The van der Waals surface area contributed by atoms with Crippen LogP contribution in [-0.4, -0.2) is 27.6 Å². The van der Waals surface area contributed by atoms with E-state index in [0.717, 1.165) is 22.4 Å². The normalized spacial score (nSPS) is 26.2. The van der Waals surface area contributed by atoms with Crippen molar-refractivity contribution in [1.82, 2.24) is 15.3 Å². The van der Waals surface area contributed by atoms with Gasteiger partial charge in [0.05, 0.1) is 17.0 Å². The minimum atomic E-state index is -0.710. The van der Waals surface area contributed by atoms with Gasteiger partial charge in [0, 0.05) is 18.5 Å². The summed E-state index contributed by atoms with van der Waals surface area (Å²) < 4.78 is 0. The number of imidazole rings is 1. The molecule has 0 spiro atoms. The van der Waals surface area contributed by atoms with E-state index in [1.165, 1.54) is 12.8 Å². The fourth-order valence-electron chi connectivity index (χ4n) is 2.99. The molecule has 2 atom stereocenters. The van der Waals surface area contributed by atoms with E-state index in [4.69, 9.17) is 5.11 Å². The van der Waals surface area contributed by atoms with Crippen LogP contribution in [0.3, 0.4) is 0 Å². The third-order valence-electron chi connectivity index (χ3n) is 4.37. The van der Waals surface area contributed by atoms with Crippen molar-refractivity contribution in [2.24, 2.45) is 5.92 Å². The fraction of sp³-hybridized carbons (Fsp3) is 0.467. The van der Waals surface area contributed by atoms with Gasteiger partial charge in [-0.15, -0.1) is 0 Å². The lowest BCUT2D eigenvalue weighted by molar-refractivity contribution is -0.141. The van der Waals surface area contributed by atoms with Crippen molar-refractivity contribution in [3.8, 4) is 0 Å². The number of H-pyrrole nitrogens is 1. The van der Waals surface area contributed by atoms with Gasteiger partial charge in [-0.25, -0.2) is 4.98 Å². The average molecular weight is 271 g/mol. The molecule has 104 valence electrons. The Kier molecular flexibility index (Phi) is 2.57. The Bertz CT molecular complexity index is 675. The van der Waals surface area contributed by atoms with Crippen LogP contribution in [-0.2, 0) is 4.79 Å². The molecule has 5 heteroatoms. The van der Waals surface area contributed by atoms with E-state index in [0.29, 0.717) is 18.9 Å². The SMILES string of the molecule is O=C(O)C1CNC(c2ccc3nc(C4CC4)[nH]c3c2)C1. The lowest BCUT2D eigenvalue weighted by atomic mass is 10.00. The van der Waals surface area contributed by atoms with Crippen molar-refractivity contribution >= 4 is 17.0 Å². The summed E-state index contributed by atoms with van der Waals surface area (Å²) in [7, 11) is 0. The Hall–Kier alpha value is -1.88. The molecule has 2 heterocycles. The van der Waals surface area contributed by atoms with Crippen molar-refractivity contribution in [2.45, 2.75) is 31.2 Å². The Balaban J connectivity index is 1.62. The van der Waals surface area contributed by atoms with Crippen LogP contribution >= 0.6 is 0 Å². The second-order valence-electron chi connectivity index (χ2n) is 5.90. The second-order valence-corrected chi connectivity index (χ2v) is 5.90. The van der Waals surface area contributed by atoms with Crippen LogP contribution in [0.15, 0.2) is 18.2 Å². The Morgan fingerprint density at radius 2 is 2.20 bits per heavy atom. The van der Waals surface area contributed by atoms with Gasteiger partial charge in [-0.05, 0) is 37.0 Å². The van der Waals surface area contributed by atoms with Gasteiger partial charge in [-0.2, -0.15) is 0 Å². The molecule has 2 aromatic rings. The van der Waals surface area contributed by atoms with Crippen LogP contribution in [0.5, 0.6) is 0 Å².